The van der Waals surface area contributed by atoms with Crippen molar-refractivity contribution in [2.45, 2.75) is 13.5 Å². The van der Waals surface area contributed by atoms with Crippen LogP contribution in [-0.2, 0) is 6.54 Å². The molecule has 1 aromatic rings. The van der Waals surface area contributed by atoms with Crippen LogP contribution in [0.1, 0.15) is 5.56 Å². The number of hydrogen-bond donors (Lipinski definition) is 1. The van der Waals surface area contributed by atoms with Gasteiger partial charge >= 0.3 is 0 Å². The molecule has 0 saturated heterocycles. The van der Waals surface area contributed by atoms with Crippen molar-refractivity contribution in [2.24, 2.45) is 0 Å². The standard InChI is InChI=1S/C8H16N4/c1-7-6-12(10-8(7)9)5-4-11(2)3/h6H,4-5H2,1-3H3,(H2,9,10). The van der Waals surface area contributed by atoms with E-state index in [1.807, 2.05) is 31.9 Å². The van der Waals surface area contributed by atoms with Crippen molar-refractivity contribution >= 4 is 5.82 Å². The summed E-state index contributed by atoms with van der Waals surface area (Å²) in [6.07, 6.45) is 1.97. The third kappa shape index (κ3) is 2.23. The molecule has 68 valence electrons. The van der Waals surface area contributed by atoms with E-state index in [2.05, 4.69) is 10.00 Å². The number of rotatable bonds is 3. The van der Waals surface area contributed by atoms with Crippen molar-refractivity contribution < 1.29 is 0 Å². The van der Waals surface area contributed by atoms with Gasteiger partial charge in [0.25, 0.3) is 0 Å². The molecule has 0 unspecified atom stereocenters. The van der Waals surface area contributed by atoms with Crippen LogP contribution in [0.3, 0.4) is 0 Å². The predicted molar refractivity (Wildman–Crippen MR) is 49.9 cm³/mol. The first-order valence-electron chi connectivity index (χ1n) is 4.04. The van der Waals surface area contributed by atoms with Gasteiger partial charge in [0, 0.05) is 18.3 Å². The highest BCUT2D eigenvalue weighted by Gasteiger charge is 1.99. The zero-order valence-electron chi connectivity index (χ0n) is 7.91. The zero-order valence-corrected chi connectivity index (χ0v) is 7.91. The lowest BCUT2D eigenvalue weighted by atomic mass is 10.4. The molecule has 1 aromatic heterocycles. The van der Waals surface area contributed by atoms with Crippen LogP contribution >= 0.6 is 0 Å². The van der Waals surface area contributed by atoms with Gasteiger partial charge in [-0.05, 0) is 21.0 Å². The van der Waals surface area contributed by atoms with Crippen molar-refractivity contribution in [3.8, 4) is 0 Å². The lowest BCUT2D eigenvalue weighted by Gasteiger charge is -2.08. The molecule has 0 saturated carbocycles. The summed E-state index contributed by atoms with van der Waals surface area (Å²) in [7, 11) is 4.08. The second-order valence-corrected chi connectivity index (χ2v) is 3.26. The molecule has 0 atom stereocenters. The van der Waals surface area contributed by atoms with Crippen molar-refractivity contribution in [1.29, 1.82) is 0 Å². The van der Waals surface area contributed by atoms with Gasteiger partial charge in [0.05, 0.1) is 6.54 Å². The van der Waals surface area contributed by atoms with E-state index in [1.165, 1.54) is 0 Å². The zero-order chi connectivity index (χ0) is 9.14. The second-order valence-electron chi connectivity index (χ2n) is 3.26. The number of hydrogen-bond acceptors (Lipinski definition) is 3. The summed E-state index contributed by atoms with van der Waals surface area (Å²) in [6.45, 7) is 3.85. The molecule has 0 spiro atoms. The normalized spacial score (nSPS) is 11.0. The number of nitrogen functional groups attached to an aromatic ring is 1. The summed E-state index contributed by atoms with van der Waals surface area (Å²) < 4.78 is 1.88. The molecule has 0 aromatic carbocycles. The number of nitrogens with two attached hydrogens (primary N) is 1. The summed E-state index contributed by atoms with van der Waals surface area (Å²) in [4.78, 5) is 2.12. The van der Waals surface area contributed by atoms with Gasteiger partial charge in [0.1, 0.15) is 5.82 Å². The largest absolute Gasteiger partial charge is 0.382 e. The molecule has 0 radical (unpaired) electrons. The highest BCUT2D eigenvalue weighted by molar-refractivity contribution is 5.35. The van der Waals surface area contributed by atoms with Gasteiger partial charge in [-0.15, -0.1) is 0 Å². The van der Waals surface area contributed by atoms with E-state index in [1.54, 1.807) is 0 Å². The Labute approximate surface area is 73.0 Å². The minimum Gasteiger partial charge on any atom is -0.382 e. The monoisotopic (exact) mass is 168 g/mol. The van der Waals surface area contributed by atoms with Crippen LogP contribution < -0.4 is 5.73 Å². The topological polar surface area (TPSA) is 47.1 Å². The van der Waals surface area contributed by atoms with E-state index < -0.39 is 0 Å². The van der Waals surface area contributed by atoms with Gasteiger partial charge in [-0.2, -0.15) is 5.10 Å². The Hall–Kier alpha value is -1.03. The summed E-state index contributed by atoms with van der Waals surface area (Å²) >= 11 is 0. The Bertz CT molecular complexity index is 232. The Balaban J connectivity index is 2.53. The van der Waals surface area contributed by atoms with Crippen molar-refractivity contribution in [3.05, 3.63) is 11.8 Å². The highest BCUT2D eigenvalue weighted by Crippen LogP contribution is 2.05. The Morgan fingerprint density at radius 3 is 2.67 bits per heavy atom. The van der Waals surface area contributed by atoms with E-state index >= 15 is 0 Å². The molecule has 2 N–H and O–H groups in total. The predicted octanol–water partition coefficient (Wildman–Crippen LogP) is 0.335. The molecular weight excluding hydrogens is 152 g/mol. The van der Waals surface area contributed by atoms with E-state index in [9.17, 15) is 0 Å². The number of aryl methyl sites for hydroxylation is 1. The van der Waals surface area contributed by atoms with Gasteiger partial charge in [-0.25, -0.2) is 0 Å². The number of aromatic nitrogens is 2. The second kappa shape index (κ2) is 3.58. The lowest BCUT2D eigenvalue weighted by Crippen LogP contribution is -2.18. The fourth-order valence-electron chi connectivity index (χ4n) is 0.953. The van der Waals surface area contributed by atoms with Crippen molar-refractivity contribution in [2.75, 3.05) is 26.4 Å². The maximum atomic E-state index is 5.60. The van der Waals surface area contributed by atoms with Gasteiger partial charge in [0.2, 0.25) is 0 Å². The van der Waals surface area contributed by atoms with Crippen LogP contribution in [0.15, 0.2) is 6.20 Å². The van der Waals surface area contributed by atoms with Gasteiger partial charge in [0.15, 0.2) is 0 Å². The van der Waals surface area contributed by atoms with Crippen molar-refractivity contribution in [1.82, 2.24) is 14.7 Å². The molecule has 0 aliphatic carbocycles. The maximum Gasteiger partial charge on any atom is 0.148 e. The Morgan fingerprint density at radius 2 is 2.25 bits per heavy atom. The van der Waals surface area contributed by atoms with E-state index in [0.717, 1.165) is 18.7 Å². The molecule has 12 heavy (non-hydrogen) atoms. The fourth-order valence-corrected chi connectivity index (χ4v) is 0.953. The summed E-state index contributed by atoms with van der Waals surface area (Å²) in [6, 6.07) is 0. The van der Waals surface area contributed by atoms with E-state index in [4.69, 9.17) is 5.73 Å². The van der Waals surface area contributed by atoms with Crippen LogP contribution in [0, 0.1) is 6.92 Å². The number of nitrogens with zero attached hydrogens (tertiary/aromatic N) is 3. The third-order valence-corrected chi connectivity index (χ3v) is 1.76. The lowest BCUT2D eigenvalue weighted by molar-refractivity contribution is 0.373. The minimum absolute atomic E-state index is 0.633. The van der Waals surface area contributed by atoms with Gasteiger partial charge < -0.3 is 10.6 Å². The molecule has 1 heterocycles. The molecule has 1 rings (SSSR count). The highest BCUT2D eigenvalue weighted by atomic mass is 15.3. The molecule has 4 heteroatoms. The van der Waals surface area contributed by atoms with Crippen LogP contribution in [0.2, 0.25) is 0 Å². The Morgan fingerprint density at radius 1 is 1.58 bits per heavy atom. The van der Waals surface area contributed by atoms with Gasteiger partial charge in [-0.3, -0.25) is 4.68 Å². The SMILES string of the molecule is Cc1cn(CCN(C)C)nc1N. The fraction of sp³-hybridized carbons (Fsp3) is 0.625. The third-order valence-electron chi connectivity index (χ3n) is 1.76. The first-order valence-corrected chi connectivity index (χ1v) is 4.04. The first-order chi connectivity index (χ1) is 5.59. The van der Waals surface area contributed by atoms with E-state index in [-0.39, 0.29) is 0 Å². The molecular formula is C8H16N4. The quantitative estimate of drug-likeness (QED) is 0.707. The molecule has 0 aliphatic heterocycles. The molecule has 0 amide bonds. The molecule has 0 aliphatic rings. The van der Waals surface area contributed by atoms with Crippen LogP contribution in [0.5, 0.6) is 0 Å². The molecule has 0 fully saturated rings. The average molecular weight is 168 g/mol. The first kappa shape index (κ1) is 9.06. The number of likely N-dealkylation sites (N-methyl/N-ethyl adjacent to an activating group) is 1. The smallest absolute Gasteiger partial charge is 0.148 e. The average Bonchev–Trinajstić information content (AvgIpc) is 2.28. The van der Waals surface area contributed by atoms with Crippen LogP contribution in [-0.4, -0.2) is 35.3 Å². The summed E-state index contributed by atoms with van der Waals surface area (Å²) in [5, 5.41) is 4.15. The summed E-state index contributed by atoms with van der Waals surface area (Å²) in [5.74, 6) is 0.633. The summed E-state index contributed by atoms with van der Waals surface area (Å²) in [5.41, 5.74) is 6.65. The number of anilines is 1. The van der Waals surface area contributed by atoms with Crippen LogP contribution in [0.4, 0.5) is 5.82 Å². The van der Waals surface area contributed by atoms with Crippen LogP contribution in [0.25, 0.3) is 0 Å². The van der Waals surface area contributed by atoms with Gasteiger partial charge in [-0.1, -0.05) is 0 Å². The maximum absolute atomic E-state index is 5.60. The van der Waals surface area contributed by atoms with Crippen molar-refractivity contribution in [3.63, 3.8) is 0 Å². The Kier molecular flexibility index (Phi) is 2.70. The molecule has 0 bridgehead atoms. The molecule has 4 nitrogen and oxygen atoms in total. The van der Waals surface area contributed by atoms with E-state index in [0.29, 0.717) is 5.82 Å². The minimum atomic E-state index is 0.633.